The number of aromatic nitrogens is 3. The monoisotopic (exact) mass is 423 g/mol. The van der Waals surface area contributed by atoms with Crippen LogP contribution in [0.2, 0.25) is 0 Å². The predicted octanol–water partition coefficient (Wildman–Crippen LogP) is 3.29. The van der Waals surface area contributed by atoms with Gasteiger partial charge in [0.25, 0.3) is 16.8 Å². The molecule has 4 aromatic rings. The van der Waals surface area contributed by atoms with Crippen molar-refractivity contribution in [2.45, 2.75) is 29.9 Å². The number of para-hydroxylation sites is 1. The number of nitrogens with two attached hydrogens (primary N) is 1. The SMILES string of the molecule is CCCn1c(Sc2c(N)c3cc([N+](=O)[O-])ccc3[nH]c2=O)nc2ccccc2c1=O. The van der Waals surface area contributed by atoms with Gasteiger partial charge in [-0.25, -0.2) is 4.98 Å². The normalized spacial score (nSPS) is 11.2. The van der Waals surface area contributed by atoms with Crippen LogP contribution in [-0.2, 0) is 6.54 Å². The van der Waals surface area contributed by atoms with Crippen LogP contribution in [0.5, 0.6) is 0 Å². The Morgan fingerprint density at radius 1 is 1.20 bits per heavy atom. The molecule has 2 heterocycles. The van der Waals surface area contributed by atoms with Gasteiger partial charge in [0.2, 0.25) is 0 Å². The lowest BCUT2D eigenvalue weighted by Crippen LogP contribution is -2.24. The van der Waals surface area contributed by atoms with Gasteiger partial charge >= 0.3 is 0 Å². The Morgan fingerprint density at radius 3 is 2.70 bits per heavy atom. The molecule has 2 aromatic carbocycles. The van der Waals surface area contributed by atoms with Crippen molar-refractivity contribution in [2.24, 2.45) is 0 Å². The van der Waals surface area contributed by atoms with Gasteiger partial charge in [-0.05, 0) is 36.4 Å². The first-order valence-electron chi connectivity index (χ1n) is 9.18. The number of nitro groups is 1. The number of nitrogens with one attached hydrogen (secondary N) is 1. The van der Waals surface area contributed by atoms with E-state index in [-0.39, 0.29) is 21.8 Å². The van der Waals surface area contributed by atoms with Gasteiger partial charge in [-0.2, -0.15) is 0 Å². The molecule has 0 saturated carbocycles. The zero-order valence-corrected chi connectivity index (χ0v) is 16.7. The number of nitrogens with zero attached hydrogens (tertiary/aromatic N) is 3. The molecule has 0 radical (unpaired) electrons. The van der Waals surface area contributed by atoms with Gasteiger partial charge in [0.05, 0.1) is 27.0 Å². The molecule has 152 valence electrons. The maximum Gasteiger partial charge on any atom is 0.270 e. The highest BCUT2D eigenvalue weighted by atomic mass is 32.2. The zero-order valence-electron chi connectivity index (χ0n) is 15.9. The molecule has 9 nitrogen and oxygen atoms in total. The number of H-pyrrole nitrogens is 1. The molecule has 0 saturated heterocycles. The average molecular weight is 423 g/mol. The first-order valence-corrected chi connectivity index (χ1v) is 9.99. The smallest absolute Gasteiger partial charge is 0.270 e. The Bertz CT molecular complexity index is 1430. The number of pyridine rings is 1. The number of non-ortho nitro benzene ring substituents is 1. The van der Waals surface area contributed by atoms with Crippen LogP contribution >= 0.6 is 11.8 Å². The lowest BCUT2D eigenvalue weighted by atomic mass is 10.1. The van der Waals surface area contributed by atoms with Gasteiger partial charge in [-0.3, -0.25) is 24.3 Å². The van der Waals surface area contributed by atoms with E-state index in [4.69, 9.17) is 5.73 Å². The van der Waals surface area contributed by atoms with Crippen LogP contribution in [0.25, 0.3) is 21.8 Å². The summed E-state index contributed by atoms with van der Waals surface area (Å²) in [4.78, 5) is 43.6. The third-order valence-corrected chi connectivity index (χ3v) is 5.77. The van der Waals surface area contributed by atoms with E-state index >= 15 is 0 Å². The third kappa shape index (κ3) is 3.30. The summed E-state index contributed by atoms with van der Waals surface area (Å²) in [5.41, 5.74) is 6.46. The molecule has 0 atom stereocenters. The molecule has 0 amide bonds. The number of nitro benzene ring substituents is 1. The predicted molar refractivity (Wildman–Crippen MR) is 116 cm³/mol. The van der Waals surface area contributed by atoms with E-state index in [1.165, 1.54) is 22.8 Å². The number of fused-ring (bicyclic) bond motifs is 2. The molecule has 2 aromatic heterocycles. The molecule has 0 spiro atoms. The van der Waals surface area contributed by atoms with Gasteiger partial charge in [0, 0.05) is 24.1 Å². The van der Waals surface area contributed by atoms with Crippen LogP contribution in [-0.4, -0.2) is 19.5 Å². The Hall–Kier alpha value is -3.66. The summed E-state index contributed by atoms with van der Waals surface area (Å²) in [5, 5.41) is 12.3. The maximum absolute atomic E-state index is 12.9. The number of rotatable bonds is 5. The molecular weight excluding hydrogens is 406 g/mol. The quantitative estimate of drug-likeness (QED) is 0.285. The molecule has 0 aliphatic carbocycles. The fourth-order valence-corrected chi connectivity index (χ4v) is 4.21. The van der Waals surface area contributed by atoms with Crippen LogP contribution in [0.3, 0.4) is 0 Å². The second-order valence-electron chi connectivity index (χ2n) is 6.65. The minimum atomic E-state index is -0.527. The molecule has 0 unspecified atom stereocenters. The van der Waals surface area contributed by atoms with Crippen molar-refractivity contribution < 1.29 is 4.92 Å². The molecule has 0 fully saturated rings. The molecule has 0 aliphatic rings. The lowest BCUT2D eigenvalue weighted by Gasteiger charge is -2.13. The van der Waals surface area contributed by atoms with E-state index in [0.717, 1.165) is 11.8 Å². The average Bonchev–Trinajstić information content (AvgIpc) is 2.73. The van der Waals surface area contributed by atoms with Crippen molar-refractivity contribution in [2.75, 3.05) is 5.73 Å². The largest absolute Gasteiger partial charge is 0.397 e. The molecule has 4 rings (SSSR count). The van der Waals surface area contributed by atoms with Crippen LogP contribution in [0.15, 0.2) is 62.1 Å². The molecule has 30 heavy (non-hydrogen) atoms. The van der Waals surface area contributed by atoms with Crippen LogP contribution in [0.1, 0.15) is 13.3 Å². The van der Waals surface area contributed by atoms with E-state index in [0.29, 0.717) is 39.9 Å². The van der Waals surface area contributed by atoms with E-state index in [9.17, 15) is 19.7 Å². The Labute approximate surface area is 173 Å². The van der Waals surface area contributed by atoms with Crippen LogP contribution < -0.4 is 16.9 Å². The van der Waals surface area contributed by atoms with E-state index in [1.54, 1.807) is 24.3 Å². The van der Waals surface area contributed by atoms with Crippen molar-refractivity contribution >= 4 is 44.9 Å². The van der Waals surface area contributed by atoms with Crippen molar-refractivity contribution in [3.05, 3.63) is 73.3 Å². The first kappa shape index (κ1) is 19.6. The number of hydrogen-bond acceptors (Lipinski definition) is 7. The number of nitrogen functional groups attached to an aromatic ring is 1. The van der Waals surface area contributed by atoms with Crippen molar-refractivity contribution in [1.29, 1.82) is 0 Å². The zero-order chi connectivity index (χ0) is 21.4. The molecule has 0 aliphatic heterocycles. The fourth-order valence-electron chi connectivity index (χ4n) is 3.24. The number of hydrogen-bond donors (Lipinski definition) is 2. The summed E-state index contributed by atoms with van der Waals surface area (Å²) in [6, 6.07) is 11.1. The lowest BCUT2D eigenvalue weighted by molar-refractivity contribution is -0.384. The van der Waals surface area contributed by atoms with Crippen LogP contribution in [0.4, 0.5) is 11.4 Å². The van der Waals surface area contributed by atoms with Crippen molar-refractivity contribution in [3.8, 4) is 0 Å². The fraction of sp³-hybridized carbons (Fsp3) is 0.150. The van der Waals surface area contributed by atoms with E-state index in [2.05, 4.69) is 9.97 Å². The van der Waals surface area contributed by atoms with Crippen molar-refractivity contribution in [3.63, 3.8) is 0 Å². The summed E-state index contributed by atoms with van der Waals surface area (Å²) in [7, 11) is 0. The van der Waals surface area contributed by atoms with Gasteiger partial charge < -0.3 is 10.7 Å². The highest BCUT2D eigenvalue weighted by Gasteiger charge is 2.18. The molecule has 0 bridgehead atoms. The summed E-state index contributed by atoms with van der Waals surface area (Å²) >= 11 is 0.979. The highest BCUT2D eigenvalue weighted by Crippen LogP contribution is 2.33. The summed E-state index contributed by atoms with van der Waals surface area (Å²) in [6.07, 6.45) is 0.698. The molecule has 10 heteroatoms. The van der Waals surface area contributed by atoms with E-state index in [1.807, 2.05) is 6.92 Å². The molecular formula is C20H17N5O4S. The topological polar surface area (TPSA) is 137 Å². The van der Waals surface area contributed by atoms with Gasteiger partial charge in [-0.1, -0.05) is 19.1 Å². The first-order chi connectivity index (χ1) is 14.4. The minimum absolute atomic E-state index is 0.105. The Balaban J connectivity index is 1.93. The molecule has 3 N–H and O–H groups in total. The second-order valence-corrected chi connectivity index (χ2v) is 7.63. The van der Waals surface area contributed by atoms with Gasteiger partial charge in [-0.15, -0.1) is 0 Å². The van der Waals surface area contributed by atoms with Gasteiger partial charge in [0.1, 0.15) is 4.90 Å². The number of anilines is 1. The summed E-state index contributed by atoms with van der Waals surface area (Å²) in [5.74, 6) is 0. The number of benzene rings is 2. The van der Waals surface area contributed by atoms with Gasteiger partial charge in [0.15, 0.2) is 5.16 Å². The maximum atomic E-state index is 12.9. The summed E-state index contributed by atoms with van der Waals surface area (Å²) < 4.78 is 1.52. The van der Waals surface area contributed by atoms with E-state index < -0.39 is 10.5 Å². The van der Waals surface area contributed by atoms with Crippen LogP contribution in [0, 0.1) is 10.1 Å². The second kappa shape index (κ2) is 7.64. The Morgan fingerprint density at radius 2 is 1.97 bits per heavy atom. The Kier molecular flexibility index (Phi) is 5.00. The minimum Gasteiger partial charge on any atom is -0.397 e. The highest BCUT2D eigenvalue weighted by molar-refractivity contribution is 7.99. The standard InChI is InChI=1S/C20H17N5O4S/c1-2-9-24-19(27)12-5-3-4-6-14(12)23-20(24)30-17-16(21)13-10-11(25(28)29)7-8-15(13)22-18(17)26/h3-8,10H,2,9H2,1H3,(H3,21,22,26). The summed E-state index contributed by atoms with van der Waals surface area (Å²) in [6.45, 7) is 2.36. The number of aromatic amines is 1. The third-order valence-electron chi connectivity index (χ3n) is 4.67. The van der Waals surface area contributed by atoms with Crippen molar-refractivity contribution in [1.82, 2.24) is 14.5 Å².